The number of nitrogens with one attached hydrogen (secondary N) is 1. The molecule has 1 saturated heterocycles. The van der Waals surface area contributed by atoms with Crippen LogP contribution in [0.25, 0.3) is 0 Å². The molecule has 1 N–H and O–H groups in total. The third-order valence-corrected chi connectivity index (χ3v) is 5.32. The molecule has 1 fully saturated rings. The van der Waals surface area contributed by atoms with Gasteiger partial charge in [-0.15, -0.1) is 10.2 Å². The Balaban J connectivity index is 1.42. The number of hydrogen-bond acceptors (Lipinski definition) is 6. The standard InChI is InChI=1S/C18H24N6O3/c1-12-10-23(17(26)5-3-14-2-4-16(25)21-19-14)11-15-20-22-18(24(12)15)13-6-8-27-9-7-13/h2,4,12-13H,3,5-11H2,1H3,(H,21,25)/t12-/m0/s1. The first kappa shape index (κ1) is 17.8. The number of nitrogens with zero attached hydrogens (tertiary/aromatic N) is 5. The van der Waals surface area contributed by atoms with Crippen molar-refractivity contribution in [2.75, 3.05) is 19.8 Å². The van der Waals surface area contributed by atoms with E-state index in [1.807, 2.05) is 4.90 Å². The zero-order valence-electron chi connectivity index (χ0n) is 15.4. The fourth-order valence-corrected chi connectivity index (χ4v) is 3.89. The number of carbonyl (C=O) groups is 1. The van der Waals surface area contributed by atoms with Gasteiger partial charge in [0.1, 0.15) is 5.82 Å². The van der Waals surface area contributed by atoms with E-state index >= 15 is 0 Å². The van der Waals surface area contributed by atoms with Crippen molar-refractivity contribution in [2.45, 2.75) is 51.1 Å². The minimum Gasteiger partial charge on any atom is -0.381 e. The van der Waals surface area contributed by atoms with Gasteiger partial charge in [0, 0.05) is 44.6 Å². The molecular formula is C18H24N6O3. The largest absolute Gasteiger partial charge is 0.381 e. The lowest BCUT2D eigenvalue weighted by Crippen LogP contribution is -2.41. The fourth-order valence-electron chi connectivity index (χ4n) is 3.89. The van der Waals surface area contributed by atoms with Gasteiger partial charge in [-0.05, 0) is 25.8 Å². The van der Waals surface area contributed by atoms with Gasteiger partial charge in [-0.3, -0.25) is 9.59 Å². The summed E-state index contributed by atoms with van der Waals surface area (Å²) in [4.78, 5) is 25.6. The van der Waals surface area contributed by atoms with Gasteiger partial charge in [0.25, 0.3) is 5.56 Å². The van der Waals surface area contributed by atoms with Crippen LogP contribution < -0.4 is 5.56 Å². The van der Waals surface area contributed by atoms with Gasteiger partial charge in [-0.2, -0.15) is 5.10 Å². The molecule has 0 spiro atoms. The molecular weight excluding hydrogens is 348 g/mol. The van der Waals surface area contributed by atoms with Crippen LogP contribution in [0.15, 0.2) is 16.9 Å². The van der Waals surface area contributed by atoms with E-state index in [2.05, 4.69) is 31.9 Å². The van der Waals surface area contributed by atoms with Gasteiger partial charge in [0.05, 0.1) is 18.3 Å². The smallest absolute Gasteiger partial charge is 0.264 e. The average molecular weight is 372 g/mol. The summed E-state index contributed by atoms with van der Waals surface area (Å²) in [5.74, 6) is 2.34. The Hall–Kier alpha value is -2.55. The number of ether oxygens (including phenoxy) is 1. The predicted molar refractivity (Wildman–Crippen MR) is 96.1 cm³/mol. The van der Waals surface area contributed by atoms with Crippen molar-refractivity contribution in [1.82, 2.24) is 29.9 Å². The number of fused-ring (bicyclic) bond motifs is 1. The highest BCUT2D eigenvalue weighted by Gasteiger charge is 2.32. The van der Waals surface area contributed by atoms with Crippen LogP contribution in [0.3, 0.4) is 0 Å². The van der Waals surface area contributed by atoms with Crippen LogP contribution in [0.2, 0.25) is 0 Å². The predicted octanol–water partition coefficient (Wildman–Crippen LogP) is 0.791. The highest BCUT2D eigenvalue weighted by molar-refractivity contribution is 5.76. The fraction of sp³-hybridized carbons (Fsp3) is 0.611. The molecule has 0 radical (unpaired) electrons. The van der Waals surface area contributed by atoms with Crippen LogP contribution in [0.4, 0.5) is 0 Å². The zero-order chi connectivity index (χ0) is 18.8. The number of carbonyl (C=O) groups excluding carboxylic acids is 1. The molecule has 9 nitrogen and oxygen atoms in total. The summed E-state index contributed by atoms with van der Waals surface area (Å²) in [5.41, 5.74) is 0.465. The minimum absolute atomic E-state index is 0.0664. The van der Waals surface area contributed by atoms with Crippen molar-refractivity contribution in [3.8, 4) is 0 Å². The van der Waals surface area contributed by atoms with E-state index in [9.17, 15) is 9.59 Å². The lowest BCUT2D eigenvalue weighted by molar-refractivity contribution is -0.133. The summed E-state index contributed by atoms with van der Waals surface area (Å²) in [5, 5.41) is 15.2. The molecule has 0 aliphatic carbocycles. The molecule has 0 aromatic carbocycles. The maximum absolute atomic E-state index is 12.7. The molecule has 4 rings (SSSR count). The minimum atomic E-state index is -0.241. The van der Waals surface area contributed by atoms with Crippen molar-refractivity contribution in [3.05, 3.63) is 39.8 Å². The first-order valence-corrected chi connectivity index (χ1v) is 9.45. The summed E-state index contributed by atoms with van der Waals surface area (Å²) in [7, 11) is 0. The summed E-state index contributed by atoms with van der Waals surface area (Å²) in [6.07, 6.45) is 2.80. The summed E-state index contributed by atoms with van der Waals surface area (Å²) in [6, 6.07) is 3.23. The Bertz CT molecular complexity index is 850. The molecule has 2 aromatic rings. The number of aryl methyl sites for hydroxylation is 1. The van der Waals surface area contributed by atoms with E-state index < -0.39 is 0 Å². The Morgan fingerprint density at radius 1 is 1.30 bits per heavy atom. The highest BCUT2D eigenvalue weighted by Crippen LogP contribution is 2.30. The Morgan fingerprint density at radius 3 is 2.85 bits per heavy atom. The number of hydrogen-bond donors (Lipinski definition) is 1. The molecule has 2 aromatic heterocycles. The third-order valence-electron chi connectivity index (χ3n) is 5.32. The zero-order valence-corrected chi connectivity index (χ0v) is 15.4. The normalized spacial score (nSPS) is 20.5. The van der Waals surface area contributed by atoms with Gasteiger partial charge < -0.3 is 14.2 Å². The topological polar surface area (TPSA) is 106 Å². The van der Waals surface area contributed by atoms with E-state index in [1.54, 1.807) is 6.07 Å². The lowest BCUT2D eigenvalue weighted by Gasteiger charge is -2.34. The second kappa shape index (κ2) is 7.59. The third kappa shape index (κ3) is 3.78. The molecule has 27 heavy (non-hydrogen) atoms. The van der Waals surface area contributed by atoms with Crippen LogP contribution in [-0.2, 0) is 22.5 Å². The molecule has 4 heterocycles. The van der Waals surface area contributed by atoms with Gasteiger partial charge in [0.2, 0.25) is 5.91 Å². The summed E-state index contributed by atoms with van der Waals surface area (Å²) < 4.78 is 7.66. The van der Waals surface area contributed by atoms with Crippen molar-refractivity contribution >= 4 is 5.91 Å². The van der Waals surface area contributed by atoms with E-state index in [0.29, 0.717) is 37.5 Å². The maximum Gasteiger partial charge on any atom is 0.264 e. The van der Waals surface area contributed by atoms with E-state index in [1.165, 1.54) is 6.07 Å². The Morgan fingerprint density at radius 2 is 2.11 bits per heavy atom. The molecule has 1 atom stereocenters. The van der Waals surface area contributed by atoms with Crippen molar-refractivity contribution in [2.24, 2.45) is 0 Å². The first-order valence-electron chi connectivity index (χ1n) is 9.45. The molecule has 9 heteroatoms. The van der Waals surface area contributed by atoms with E-state index in [-0.39, 0.29) is 17.5 Å². The van der Waals surface area contributed by atoms with Crippen LogP contribution in [0.1, 0.15) is 55.5 Å². The number of H-pyrrole nitrogens is 1. The molecule has 144 valence electrons. The Kier molecular flexibility index (Phi) is 5.02. The Labute approximate surface area is 156 Å². The van der Waals surface area contributed by atoms with Crippen LogP contribution in [-0.4, -0.2) is 55.5 Å². The number of amides is 1. The van der Waals surface area contributed by atoms with E-state index in [4.69, 9.17) is 4.74 Å². The monoisotopic (exact) mass is 372 g/mol. The molecule has 0 unspecified atom stereocenters. The van der Waals surface area contributed by atoms with Crippen LogP contribution >= 0.6 is 0 Å². The highest BCUT2D eigenvalue weighted by atomic mass is 16.5. The lowest BCUT2D eigenvalue weighted by atomic mass is 9.99. The van der Waals surface area contributed by atoms with Gasteiger partial charge in [0.15, 0.2) is 5.82 Å². The van der Waals surface area contributed by atoms with E-state index in [0.717, 1.165) is 37.7 Å². The maximum atomic E-state index is 12.7. The second-order valence-electron chi connectivity index (χ2n) is 7.27. The molecule has 0 saturated carbocycles. The number of rotatable bonds is 4. The van der Waals surface area contributed by atoms with Crippen molar-refractivity contribution in [1.29, 1.82) is 0 Å². The van der Waals surface area contributed by atoms with Gasteiger partial charge in [-0.1, -0.05) is 0 Å². The average Bonchev–Trinajstić information content (AvgIpc) is 3.12. The summed E-state index contributed by atoms with van der Waals surface area (Å²) in [6.45, 7) is 4.78. The van der Waals surface area contributed by atoms with Crippen molar-refractivity contribution < 1.29 is 9.53 Å². The number of aromatic nitrogens is 5. The van der Waals surface area contributed by atoms with Crippen molar-refractivity contribution in [3.63, 3.8) is 0 Å². The van der Waals surface area contributed by atoms with Crippen LogP contribution in [0, 0.1) is 0 Å². The van der Waals surface area contributed by atoms with Crippen LogP contribution in [0.5, 0.6) is 0 Å². The summed E-state index contributed by atoms with van der Waals surface area (Å²) >= 11 is 0. The second-order valence-corrected chi connectivity index (χ2v) is 7.27. The molecule has 2 aliphatic rings. The molecule has 1 amide bonds. The van der Waals surface area contributed by atoms with Gasteiger partial charge in [-0.25, -0.2) is 5.10 Å². The quantitative estimate of drug-likeness (QED) is 0.851. The first-order chi connectivity index (χ1) is 13.1. The van der Waals surface area contributed by atoms with Gasteiger partial charge >= 0.3 is 0 Å². The molecule has 2 aliphatic heterocycles. The number of aromatic amines is 1. The molecule has 0 bridgehead atoms. The SMILES string of the molecule is C[C@H]1CN(C(=O)CCc2ccc(=O)[nH]n2)Cc2nnc(C3CCOCC3)n21.